The normalized spacial score (nSPS) is 31.4. The monoisotopic (exact) mass is 392 g/mol. The van der Waals surface area contributed by atoms with Crippen molar-refractivity contribution in [1.29, 1.82) is 0 Å². The molecule has 3 aliphatic rings. The van der Waals surface area contributed by atoms with Crippen LogP contribution in [-0.2, 0) is 14.4 Å². The largest absolute Gasteiger partial charge is 0.480 e. The van der Waals surface area contributed by atoms with Crippen LogP contribution in [0.15, 0.2) is 0 Å². The fourth-order valence-corrected chi connectivity index (χ4v) is 4.92. The van der Waals surface area contributed by atoms with Gasteiger partial charge in [0.1, 0.15) is 12.1 Å². The Morgan fingerprint density at radius 3 is 2.35 bits per heavy atom. The smallest absolute Gasteiger partial charge is 0.399 e. The van der Waals surface area contributed by atoms with Crippen LogP contribution < -0.4 is 5.32 Å². The number of carboxylic acid groups (broad SMARTS) is 1. The third-order valence-electron chi connectivity index (χ3n) is 6.43. The van der Waals surface area contributed by atoms with Crippen molar-refractivity contribution in [2.24, 2.45) is 23.2 Å². The number of fused-ring (bicyclic) bond motifs is 1. The zero-order chi connectivity index (χ0) is 19.4. The van der Waals surface area contributed by atoms with Crippen molar-refractivity contribution in [1.82, 2.24) is 10.2 Å². The van der Waals surface area contributed by atoms with Crippen LogP contribution in [0, 0.1) is 23.2 Å². The van der Waals surface area contributed by atoms with E-state index in [2.05, 4.69) is 5.32 Å². The van der Waals surface area contributed by atoms with Crippen LogP contribution in [0.4, 0.5) is 8.78 Å². The van der Waals surface area contributed by atoms with Gasteiger partial charge in [0.05, 0.1) is 0 Å². The van der Waals surface area contributed by atoms with Crippen molar-refractivity contribution in [2.45, 2.75) is 57.0 Å². The second kappa shape index (κ2) is 6.32. The van der Waals surface area contributed by atoms with Crippen LogP contribution in [0.25, 0.3) is 0 Å². The molecule has 3 fully saturated rings. The van der Waals surface area contributed by atoms with E-state index >= 15 is 0 Å². The summed E-state index contributed by atoms with van der Waals surface area (Å²) in [5.74, 6) is -3.79. The Hall–Kier alpha value is -1.44. The van der Waals surface area contributed by atoms with E-state index in [1.165, 1.54) is 4.90 Å². The van der Waals surface area contributed by atoms with E-state index in [0.717, 1.165) is 12.8 Å². The molecule has 1 aliphatic heterocycles. The number of hydrogen-bond donors (Lipinski definition) is 2. The van der Waals surface area contributed by atoms with Crippen molar-refractivity contribution < 1.29 is 28.3 Å². The summed E-state index contributed by atoms with van der Waals surface area (Å²) >= 11 is 4.78. The molecule has 2 amide bonds. The van der Waals surface area contributed by atoms with Gasteiger partial charge < -0.3 is 15.3 Å². The second-order valence-electron chi connectivity index (χ2n) is 8.22. The number of carbonyl (C=O) groups is 3. The lowest BCUT2D eigenvalue weighted by molar-refractivity contribution is -0.153. The molecule has 1 heterocycles. The van der Waals surface area contributed by atoms with Crippen molar-refractivity contribution >= 4 is 29.4 Å². The van der Waals surface area contributed by atoms with E-state index in [9.17, 15) is 28.3 Å². The number of nitrogens with one attached hydrogen (secondary N) is 1. The molecular weight excluding hydrogens is 370 g/mol. The summed E-state index contributed by atoms with van der Waals surface area (Å²) in [6, 6.07) is -2.16. The number of amides is 2. The lowest BCUT2D eigenvalue weighted by Gasteiger charge is -2.33. The van der Waals surface area contributed by atoms with E-state index in [4.69, 9.17) is 11.6 Å². The average molecular weight is 393 g/mol. The van der Waals surface area contributed by atoms with E-state index in [1.807, 2.05) is 13.8 Å². The maximum absolute atomic E-state index is 13.1. The number of alkyl halides is 3. The minimum absolute atomic E-state index is 0.0712. The van der Waals surface area contributed by atoms with E-state index < -0.39 is 35.2 Å². The maximum Gasteiger partial charge on any atom is 0.399 e. The first-order chi connectivity index (χ1) is 12.0. The summed E-state index contributed by atoms with van der Waals surface area (Å²) < 4.78 is 26.2. The predicted molar refractivity (Wildman–Crippen MR) is 88.6 cm³/mol. The SMILES string of the molecule is CC1(C)[C@@H]2[C@@H](C(=O)O)N(C(=O)[C@@H](NC(=O)C(F)(F)Cl)C3CCCC3)C[C@@H]21. The molecular formula is C17H23ClF2N2O4. The Balaban J connectivity index is 1.81. The first-order valence-corrected chi connectivity index (χ1v) is 9.25. The topological polar surface area (TPSA) is 86.7 Å². The molecule has 2 saturated carbocycles. The Kier molecular flexibility index (Phi) is 4.70. The van der Waals surface area contributed by atoms with Gasteiger partial charge in [-0.3, -0.25) is 9.59 Å². The number of piperidine rings is 1. The standard InChI is InChI=1S/C17H23ClF2N2O4/c1-16(2)9-7-22(12(10(9)16)14(24)25)13(23)11(8-5-3-4-6-8)21-15(26)17(18,19)20/h8-12H,3-7H2,1-2H3,(H,21,26)(H,24,25)/t9-,10-,11-,12-/m0/s1. The molecule has 146 valence electrons. The number of carbonyl (C=O) groups excluding carboxylic acids is 2. The lowest BCUT2D eigenvalue weighted by Crippen LogP contribution is -2.57. The molecule has 0 unspecified atom stereocenters. The summed E-state index contributed by atoms with van der Waals surface area (Å²) in [6.07, 6.45) is 2.91. The summed E-state index contributed by atoms with van der Waals surface area (Å²) in [5.41, 5.74) is -0.158. The highest BCUT2D eigenvalue weighted by molar-refractivity contribution is 6.32. The van der Waals surface area contributed by atoms with Gasteiger partial charge >= 0.3 is 17.3 Å². The van der Waals surface area contributed by atoms with Gasteiger partial charge in [0.2, 0.25) is 5.91 Å². The Bertz CT molecular complexity index is 631. The second-order valence-corrected chi connectivity index (χ2v) is 8.70. The van der Waals surface area contributed by atoms with E-state index in [1.54, 1.807) is 0 Å². The van der Waals surface area contributed by atoms with Gasteiger partial charge in [0.15, 0.2) is 0 Å². The molecule has 2 N–H and O–H groups in total. The first-order valence-electron chi connectivity index (χ1n) is 8.87. The van der Waals surface area contributed by atoms with E-state index in [-0.39, 0.29) is 29.7 Å². The summed E-state index contributed by atoms with van der Waals surface area (Å²) in [4.78, 5) is 37.7. The fourth-order valence-electron chi connectivity index (χ4n) is 4.87. The molecule has 4 atom stereocenters. The van der Waals surface area contributed by atoms with Crippen LogP contribution in [0.1, 0.15) is 39.5 Å². The predicted octanol–water partition coefficient (Wildman–Crippen LogP) is 2.06. The molecule has 0 aromatic carbocycles. The highest BCUT2D eigenvalue weighted by Gasteiger charge is 2.70. The number of carboxylic acids is 1. The fraction of sp³-hybridized carbons (Fsp3) is 0.824. The van der Waals surface area contributed by atoms with Gasteiger partial charge in [-0.15, -0.1) is 0 Å². The van der Waals surface area contributed by atoms with Crippen molar-refractivity contribution in [3.63, 3.8) is 0 Å². The number of aliphatic carboxylic acids is 1. The molecule has 1 saturated heterocycles. The Morgan fingerprint density at radius 1 is 1.27 bits per heavy atom. The zero-order valence-corrected chi connectivity index (χ0v) is 15.4. The maximum atomic E-state index is 13.1. The van der Waals surface area contributed by atoms with Crippen molar-refractivity contribution in [3.8, 4) is 0 Å². The van der Waals surface area contributed by atoms with E-state index in [0.29, 0.717) is 12.8 Å². The summed E-state index contributed by atoms with van der Waals surface area (Å²) in [6.45, 7) is 4.19. The number of nitrogens with zero attached hydrogens (tertiary/aromatic N) is 1. The molecule has 0 radical (unpaired) electrons. The van der Waals surface area contributed by atoms with Crippen molar-refractivity contribution in [2.75, 3.05) is 6.54 Å². The van der Waals surface area contributed by atoms with Crippen LogP contribution >= 0.6 is 11.6 Å². The number of likely N-dealkylation sites (tertiary alicyclic amines) is 1. The summed E-state index contributed by atoms with van der Waals surface area (Å²) in [5, 5.41) is 7.57. The Morgan fingerprint density at radius 2 is 1.85 bits per heavy atom. The Labute approximate surface area is 155 Å². The third kappa shape index (κ3) is 3.17. The van der Waals surface area contributed by atoms with Gasteiger partial charge in [0.25, 0.3) is 0 Å². The average Bonchev–Trinajstić information content (AvgIpc) is 3.01. The van der Waals surface area contributed by atoms with Crippen molar-refractivity contribution in [3.05, 3.63) is 0 Å². The third-order valence-corrected chi connectivity index (χ3v) is 6.60. The molecule has 0 bridgehead atoms. The van der Waals surface area contributed by atoms with Crippen LogP contribution in [0.5, 0.6) is 0 Å². The molecule has 9 heteroatoms. The van der Waals surface area contributed by atoms with Gasteiger partial charge in [-0.2, -0.15) is 8.78 Å². The van der Waals surface area contributed by atoms with Crippen LogP contribution in [-0.4, -0.2) is 51.8 Å². The zero-order valence-electron chi connectivity index (χ0n) is 14.7. The lowest BCUT2D eigenvalue weighted by atomic mass is 9.94. The highest BCUT2D eigenvalue weighted by Crippen LogP contribution is 2.65. The minimum atomic E-state index is -4.11. The van der Waals surface area contributed by atoms with Crippen LogP contribution in [0.3, 0.4) is 0 Å². The molecule has 6 nitrogen and oxygen atoms in total. The van der Waals surface area contributed by atoms with Gasteiger partial charge in [-0.1, -0.05) is 26.7 Å². The first kappa shape index (κ1) is 19.3. The van der Waals surface area contributed by atoms with Gasteiger partial charge in [-0.25, -0.2) is 4.79 Å². The molecule has 0 spiro atoms. The highest BCUT2D eigenvalue weighted by atomic mass is 35.5. The number of rotatable bonds is 5. The van der Waals surface area contributed by atoms with Gasteiger partial charge in [-0.05, 0) is 41.7 Å². The summed E-state index contributed by atoms with van der Waals surface area (Å²) in [7, 11) is 0. The molecule has 0 aromatic rings. The number of halogens is 3. The number of hydrogen-bond acceptors (Lipinski definition) is 3. The molecule has 3 rings (SSSR count). The molecule has 0 aromatic heterocycles. The van der Waals surface area contributed by atoms with Crippen LogP contribution in [0.2, 0.25) is 0 Å². The minimum Gasteiger partial charge on any atom is -0.480 e. The molecule has 2 aliphatic carbocycles. The van der Waals surface area contributed by atoms with Gasteiger partial charge in [0, 0.05) is 12.5 Å². The molecule has 26 heavy (non-hydrogen) atoms. The quantitative estimate of drug-likeness (QED) is 0.701.